The van der Waals surface area contributed by atoms with Crippen LogP contribution in [0.2, 0.25) is 0 Å². The molecule has 1 saturated heterocycles. The highest BCUT2D eigenvalue weighted by molar-refractivity contribution is 5.62. The summed E-state index contributed by atoms with van der Waals surface area (Å²) in [6, 6.07) is 8.67. The highest BCUT2D eigenvalue weighted by atomic mass is 19.1. The van der Waals surface area contributed by atoms with Gasteiger partial charge in [0.25, 0.3) is 0 Å². The van der Waals surface area contributed by atoms with Crippen molar-refractivity contribution in [3.8, 4) is 11.3 Å². The van der Waals surface area contributed by atoms with Crippen LogP contribution in [0.5, 0.6) is 0 Å². The van der Waals surface area contributed by atoms with E-state index in [1.165, 1.54) is 23.4 Å². The van der Waals surface area contributed by atoms with E-state index in [1.807, 2.05) is 18.6 Å². The molecule has 27 heavy (non-hydrogen) atoms. The van der Waals surface area contributed by atoms with Crippen molar-refractivity contribution in [3.63, 3.8) is 0 Å². The first-order chi connectivity index (χ1) is 13.2. The van der Waals surface area contributed by atoms with Gasteiger partial charge in [-0.05, 0) is 49.2 Å². The van der Waals surface area contributed by atoms with Gasteiger partial charge in [-0.25, -0.2) is 4.39 Å². The number of nitrogens with zero attached hydrogens (tertiary/aromatic N) is 4. The number of hydrogen-bond acceptors (Lipinski definition) is 4. The Morgan fingerprint density at radius 2 is 1.89 bits per heavy atom. The largest absolute Gasteiger partial charge is 0.370 e. The Kier molecular flexibility index (Phi) is 5.16. The number of hydrogen-bond donors (Lipinski definition) is 1. The van der Waals surface area contributed by atoms with E-state index in [2.05, 4.69) is 38.0 Å². The van der Waals surface area contributed by atoms with Crippen LogP contribution in [-0.4, -0.2) is 46.3 Å². The van der Waals surface area contributed by atoms with Crippen LogP contribution in [0.25, 0.3) is 11.3 Å². The molecular weight excluding hydrogens is 341 g/mol. The van der Waals surface area contributed by atoms with Crippen molar-refractivity contribution in [2.45, 2.75) is 19.9 Å². The fraction of sp³-hybridized carbons (Fsp3) is 0.333. The monoisotopic (exact) mass is 365 g/mol. The Balaban J connectivity index is 1.45. The summed E-state index contributed by atoms with van der Waals surface area (Å²) in [4.78, 5) is 9.12. The van der Waals surface area contributed by atoms with Gasteiger partial charge in [-0.3, -0.25) is 15.0 Å². The zero-order valence-corrected chi connectivity index (χ0v) is 15.5. The number of benzene rings is 1. The molecule has 1 N–H and O–H groups in total. The van der Waals surface area contributed by atoms with Crippen LogP contribution < -0.4 is 4.90 Å². The van der Waals surface area contributed by atoms with E-state index >= 15 is 0 Å². The number of nitrogens with one attached hydrogen (secondary N) is 1. The van der Waals surface area contributed by atoms with Gasteiger partial charge >= 0.3 is 0 Å². The zero-order chi connectivity index (χ0) is 18.6. The molecule has 4 rings (SSSR count). The van der Waals surface area contributed by atoms with Crippen molar-refractivity contribution in [3.05, 3.63) is 65.9 Å². The standard InChI is InChI=1S/C21H24FN5/c1-16-13-23-8-7-20(16)27-10-2-9-26(11-12-27)15-18-14-24-25-21(18)17-3-5-19(22)6-4-17/h3-8,13-14H,2,9-12,15H2,1H3,(H,24,25). The second kappa shape index (κ2) is 7.88. The number of halogens is 1. The number of rotatable bonds is 4. The zero-order valence-electron chi connectivity index (χ0n) is 15.5. The summed E-state index contributed by atoms with van der Waals surface area (Å²) in [5.74, 6) is -0.223. The molecule has 6 heteroatoms. The van der Waals surface area contributed by atoms with E-state index in [0.29, 0.717) is 0 Å². The average molecular weight is 365 g/mol. The Morgan fingerprint density at radius 3 is 2.70 bits per heavy atom. The molecule has 3 heterocycles. The van der Waals surface area contributed by atoms with Crippen molar-refractivity contribution in [2.24, 2.45) is 0 Å². The fourth-order valence-electron chi connectivity index (χ4n) is 3.73. The maximum absolute atomic E-state index is 13.2. The normalized spacial score (nSPS) is 15.7. The first-order valence-corrected chi connectivity index (χ1v) is 9.37. The molecule has 0 amide bonds. The van der Waals surface area contributed by atoms with Crippen molar-refractivity contribution >= 4 is 5.69 Å². The van der Waals surface area contributed by atoms with Crippen LogP contribution in [-0.2, 0) is 6.54 Å². The fourth-order valence-corrected chi connectivity index (χ4v) is 3.73. The van der Waals surface area contributed by atoms with Gasteiger partial charge in [-0.1, -0.05) is 0 Å². The molecule has 0 radical (unpaired) electrons. The molecule has 1 fully saturated rings. The quantitative estimate of drug-likeness (QED) is 0.767. The molecule has 2 aromatic heterocycles. The van der Waals surface area contributed by atoms with Gasteiger partial charge < -0.3 is 4.90 Å². The van der Waals surface area contributed by atoms with Gasteiger partial charge in [0, 0.05) is 61.9 Å². The first-order valence-electron chi connectivity index (χ1n) is 9.37. The number of anilines is 1. The Hall–Kier alpha value is -2.73. The summed E-state index contributed by atoms with van der Waals surface area (Å²) in [5.41, 5.74) is 5.59. The third-order valence-electron chi connectivity index (χ3n) is 5.16. The van der Waals surface area contributed by atoms with Crippen molar-refractivity contribution in [1.29, 1.82) is 0 Å². The average Bonchev–Trinajstić information content (AvgIpc) is 3.01. The second-order valence-corrected chi connectivity index (χ2v) is 7.06. The predicted molar refractivity (Wildman–Crippen MR) is 105 cm³/mol. The highest BCUT2D eigenvalue weighted by Crippen LogP contribution is 2.24. The van der Waals surface area contributed by atoms with Crippen molar-refractivity contribution < 1.29 is 4.39 Å². The molecule has 1 aromatic carbocycles. The van der Waals surface area contributed by atoms with Crippen LogP contribution >= 0.6 is 0 Å². The lowest BCUT2D eigenvalue weighted by Crippen LogP contribution is -2.30. The lowest BCUT2D eigenvalue weighted by atomic mass is 10.1. The molecule has 0 bridgehead atoms. The summed E-state index contributed by atoms with van der Waals surface area (Å²) < 4.78 is 13.2. The summed E-state index contributed by atoms with van der Waals surface area (Å²) in [7, 11) is 0. The van der Waals surface area contributed by atoms with Crippen LogP contribution in [0.1, 0.15) is 17.5 Å². The summed E-state index contributed by atoms with van der Waals surface area (Å²) in [5, 5.41) is 7.29. The molecule has 140 valence electrons. The minimum atomic E-state index is -0.223. The molecule has 0 unspecified atom stereocenters. The maximum Gasteiger partial charge on any atom is 0.123 e. The summed E-state index contributed by atoms with van der Waals surface area (Å²) >= 11 is 0. The molecule has 1 aliphatic rings. The Morgan fingerprint density at radius 1 is 1.04 bits per heavy atom. The first kappa shape index (κ1) is 17.7. The van der Waals surface area contributed by atoms with Gasteiger partial charge in [0.05, 0.1) is 11.9 Å². The van der Waals surface area contributed by atoms with E-state index in [-0.39, 0.29) is 5.82 Å². The van der Waals surface area contributed by atoms with Crippen molar-refractivity contribution in [2.75, 3.05) is 31.1 Å². The van der Waals surface area contributed by atoms with Gasteiger partial charge in [-0.15, -0.1) is 0 Å². The van der Waals surface area contributed by atoms with E-state index in [9.17, 15) is 4.39 Å². The number of aryl methyl sites for hydroxylation is 1. The van der Waals surface area contributed by atoms with Gasteiger partial charge in [-0.2, -0.15) is 5.10 Å². The lowest BCUT2D eigenvalue weighted by molar-refractivity contribution is 0.286. The number of aromatic amines is 1. The number of H-pyrrole nitrogens is 1. The topological polar surface area (TPSA) is 48.1 Å². The van der Waals surface area contributed by atoms with Gasteiger partial charge in [0.15, 0.2) is 0 Å². The minimum absolute atomic E-state index is 0.223. The molecule has 3 aromatic rings. The molecule has 0 atom stereocenters. The smallest absolute Gasteiger partial charge is 0.123 e. The maximum atomic E-state index is 13.2. The second-order valence-electron chi connectivity index (χ2n) is 7.06. The van der Waals surface area contributed by atoms with E-state index in [0.717, 1.165) is 56.0 Å². The van der Waals surface area contributed by atoms with E-state index in [1.54, 1.807) is 12.1 Å². The lowest BCUT2D eigenvalue weighted by Gasteiger charge is -2.25. The number of pyridine rings is 1. The van der Waals surface area contributed by atoms with Gasteiger partial charge in [0.1, 0.15) is 5.82 Å². The molecule has 0 aliphatic carbocycles. The summed E-state index contributed by atoms with van der Waals surface area (Å²) in [6.07, 6.45) is 6.80. The Bertz CT molecular complexity index is 890. The van der Waals surface area contributed by atoms with E-state index < -0.39 is 0 Å². The van der Waals surface area contributed by atoms with Crippen LogP contribution in [0.3, 0.4) is 0 Å². The molecule has 1 aliphatic heterocycles. The summed E-state index contributed by atoms with van der Waals surface area (Å²) in [6.45, 7) is 7.05. The van der Waals surface area contributed by atoms with E-state index in [4.69, 9.17) is 0 Å². The minimum Gasteiger partial charge on any atom is -0.370 e. The SMILES string of the molecule is Cc1cnccc1N1CCCN(Cc2cn[nH]c2-c2ccc(F)cc2)CC1. The number of aromatic nitrogens is 3. The Labute approximate surface area is 158 Å². The molecule has 5 nitrogen and oxygen atoms in total. The van der Waals surface area contributed by atoms with Crippen molar-refractivity contribution in [1.82, 2.24) is 20.1 Å². The predicted octanol–water partition coefficient (Wildman–Crippen LogP) is 3.63. The van der Waals surface area contributed by atoms with Crippen LogP contribution in [0, 0.1) is 12.7 Å². The molecule has 0 spiro atoms. The van der Waals surface area contributed by atoms with Crippen LogP contribution in [0.4, 0.5) is 10.1 Å². The molecular formula is C21H24FN5. The van der Waals surface area contributed by atoms with Crippen LogP contribution in [0.15, 0.2) is 48.9 Å². The molecule has 0 saturated carbocycles. The third kappa shape index (κ3) is 4.01. The third-order valence-corrected chi connectivity index (χ3v) is 5.16. The van der Waals surface area contributed by atoms with Gasteiger partial charge in [0.2, 0.25) is 0 Å². The highest BCUT2D eigenvalue weighted by Gasteiger charge is 2.18.